The fourth-order valence-electron chi connectivity index (χ4n) is 1.22. The van der Waals surface area contributed by atoms with E-state index in [-0.39, 0.29) is 0 Å². The largest absolute Gasteiger partial charge is 0.465 e. The van der Waals surface area contributed by atoms with Crippen molar-refractivity contribution in [2.45, 2.75) is 6.29 Å². The molecule has 0 N–H and O–H groups in total. The van der Waals surface area contributed by atoms with E-state index < -0.39 is 6.29 Å². The molecule has 0 spiro atoms. The van der Waals surface area contributed by atoms with E-state index in [1.165, 1.54) is 0 Å². The molecule has 1 aromatic rings. The van der Waals surface area contributed by atoms with E-state index >= 15 is 0 Å². The molecule has 4 heteroatoms. The van der Waals surface area contributed by atoms with Crippen molar-refractivity contribution in [1.82, 2.24) is 0 Å². The Bertz CT molecular complexity index is 355. The van der Waals surface area contributed by atoms with Gasteiger partial charge < -0.3 is 13.9 Å². The summed E-state index contributed by atoms with van der Waals surface area (Å²) in [5.74, 6) is 0.626. The van der Waals surface area contributed by atoms with Crippen molar-refractivity contribution in [2.24, 2.45) is 0 Å². The summed E-state index contributed by atoms with van der Waals surface area (Å²) < 4.78 is 15.5. The number of rotatable bonds is 2. The third kappa shape index (κ3) is 1.84. The number of furan rings is 1. The molecule has 0 bridgehead atoms. The molecule has 4 nitrogen and oxygen atoms in total. The highest BCUT2D eigenvalue weighted by Crippen LogP contribution is 2.16. The second kappa shape index (κ2) is 4.09. The van der Waals surface area contributed by atoms with Crippen LogP contribution in [0, 0.1) is 11.3 Å². The molecule has 2 heterocycles. The van der Waals surface area contributed by atoms with Gasteiger partial charge in [-0.1, -0.05) is 0 Å². The maximum atomic E-state index is 8.87. The van der Waals surface area contributed by atoms with Gasteiger partial charge in [0, 0.05) is 0 Å². The summed E-state index contributed by atoms with van der Waals surface area (Å²) >= 11 is 0. The summed E-state index contributed by atoms with van der Waals surface area (Å²) in [7, 11) is 0. The van der Waals surface area contributed by atoms with Gasteiger partial charge in [0.1, 0.15) is 11.8 Å². The molecule has 0 radical (unpaired) electrons. The van der Waals surface area contributed by atoms with E-state index in [0.717, 1.165) is 0 Å². The zero-order chi connectivity index (χ0) is 9.80. The normalized spacial score (nSPS) is 18.4. The molecule has 1 aliphatic rings. The van der Waals surface area contributed by atoms with Crippen LogP contribution in [0.4, 0.5) is 0 Å². The predicted molar refractivity (Wildman–Crippen MR) is 48.0 cm³/mol. The number of hydrogen-bond acceptors (Lipinski definition) is 4. The van der Waals surface area contributed by atoms with Gasteiger partial charge >= 0.3 is 0 Å². The highest BCUT2D eigenvalue weighted by Gasteiger charge is 2.20. The summed E-state index contributed by atoms with van der Waals surface area (Å²) in [6.45, 7) is 1.06. The fourth-order valence-corrected chi connectivity index (χ4v) is 1.22. The molecule has 14 heavy (non-hydrogen) atoms. The van der Waals surface area contributed by atoms with Crippen LogP contribution in [0.2, 0.25) is 0 Å². The SMILES string of the molecule is N#C/C(=C/c1ccco1)C1OCCO1. The quantitative estimate of drug-likeness (QED) is 0.665. The first-order valence-corrected chi connectivity index (χ1v) is 4.28. The highest BCUT2D eigenvalue weighted by atomic mass is 16.7. The Labute approximate surface area is 81.3 Å². The molecule has 0 unspecified atom stereocenters. The van der Waals surface area contributed by atoms with Crippen molar-refractivity contribution in [3.8, 4) is 6.07 Å². The van der Waals surface area contributed by atoms with Crippen molar-refractivity contribution < 1.29 is 13.9 Å². The third-order valence-electron chi connectivity index (χ3n) is 1.85. The lowest BCUT2D eigenvalue weighted by atomic mass is 10.2. The zero-order valence-corrected chi connectivity index (χ0v) is 7.47. The number of nitriles is 1. The second-order valence-electron chi connectivity index (χ2n) is 2.80. The maximum absolute atomic E-state index is 8.87. The molecule has 0 amide bonds. The summed E-state index contributed by atoms with van der Waals surface area (Å²) in [5, 5.41) is 8.87. The van der Waals surface area contributed by atoms with Crippen molar-refractivity contribution in [1.29, 1.82) is 5.26 Å². The van der Waals surface area contributed by atoms with Gasteiger partial charge in [0.05, 0.1) is 25.1 Å². The van der Waals surface area contributed by atoms with Crippen LogP contribution in [0.5, 0.6) is 0 Å². The van der Waals surface area contributed by atoms with E-state index in [0.29, 0.717) is 24.5 Å². The first kappa shape index (κ1) is 9.00. The zero-order valence-electron chi connectivity index (χ0n) is 7.47. The smallest absolute Gasteiger partial charge is 0.194 e. The Morgan fingerprint density at radius 3 is 2.86 bits per heavy atom. The van der Waals surface area contributed by atoms with Gasteiger partial charge in [-0.15, -0.1) is 0 Å². The molecule has 2 rings (SSSR count). The minimum absolute atomic E-state index is 0.428. The predicted octanol–water partition coefficient (Wildman–Crippen LogP) is 1.56. The molecular weight excluding hydrogens is 182 g/mol. The van der Waals surface area contributed by atoms with Gasteiger partial charge in [0.25, 0.3) is 0 Å². The van der Waals surface area contributed by atoms with Crippen molar-refractivity contribution in [2.75, 3.05) is 13.2 Å². The highest BCUT2D eigenvalue weighted by molar-refractivity contribution is 5.53. The molecule has 0 saturated carbocycles. The molecule has 0 aromatic carbocycles. The van der Waals surface area contributed by atoms with Crippen molar-refractivity contribution >= 4 is 6.08 Å². The van der Waals surface area contributed by atoms with Crippen LogP contribution in [0.3, 0.4) is 0 Å². The van der Waals surface area contributed by atoms with Crippen molar-refractivity contribution in [3.63, 3.8) is 0 Å². The van der Waals surface area contributed by atoms with E-state index in [4.69, 9.17) is 19.2 Å². The van der Waals surface area contributed by atoms with Crippen LogP contribution in [0.25, 0.3) is 6.08 Å². The number of ether oxygens (including phenoxy) is 2. The van der Waals surface area contributed by atoms with Crippen LogP contribution in [0.1, 0.15) is 5.76 Å². The summed E-state index contributed by atoms with van der Waals surface area (Å²) in [6.07, 6.45) is 2.64. The topological polar surface area (TPSA) is 55.4 Å². The first-order valence-electron chi connectivity index (χ1n) is 4.28. The Hall–Kier alpha value is -1.57. The first-order chi connectivity index (χ1) is 6.90. The molecular formula is C10H9NO3. The lowest BCUT2D eigenvalue weighted by Gasteiger charge is -2.05. The Kier molecular flexibility index (Phi) is 2.63. The van der Waals surface area contributed by atoms with Crippen LogP contribution < -0.4 is 0 Å². The number of nitrogens with zero attached hydrogens (tertiary/aromatic N) is 1. The van der Waals surface area contributed by atoms with Gasteiger partial charge in [0.2, 0.25) is 0 Å². The van der Waals surface area contributed by atoms with E-state index in [9.17, 15) is 0 Å². The minimum Gasteiger partial charge on any atom is -0.465 e. The van der Waals surface area contributed by atoms with E-state index in [2.05, 4.69) is 0 Å². The van der Waals surface area contributed by atoms with Crippen molar-refractivity contribution in [3.05, 3.63) is 29.7 Å². The molecule has 1 aromatic heterocycles. The van der Waals surface area contributed by atoms with Crippen LogP contribution >= 0.6 is 0 Å². The molecule has 1 aliphatic heterocycles. The van der Waals surface area contributed by atoms with Crippen LogP contribution in [-0.4, -0.2) is 19.5 Å². The monoisotopic (exact) mass is 191 g/mol. The second-order valence-corrected chi connectivity index (χ2v) is 2.80. The third-order valence-corrected chi connectivity index (χ3v) is 1.85. The van der Waals surface area contributed by atoms with Gasteiger partial charge in [-0.2, -0.15) is 5.26 Å². The average molecular weight is 191 g/mol. The Morgan fingerprint density at radius 1 is 1.50 bits per heavy atom. The lowest BCUT2D eigenvalue weighted by molar-refractivity contribution is -0.00695. The fraction of sp³-hybridized carbons (Fsp3) is 0.300. The van der Waals surface area contributed by atoms with Crippen LogP contribution in [0.15, 0.2) is 28.4 Å². The molecule has 1 fully saturated rings. The van der Waals surface area contributed by atoms with E-state index in [1.54, 1.807) is 24.5 Å². The molecule has 0 atom stereocenters. The Balaban J connectivity index is 2.17. The summed E-state index contributed by atoms with van der Waals surface area (Å²) in [5.41, 5.74) is 0.428. The van der Waals surface area contributed by atoms with E-state index in [1.807, 2.05) is 6.07 Å². The lowest BCUT2D eigenvalue weighted by Crippen LogP contribution is -2.09. The summed E-state index contributed by atoms with van der Waals surface area (Å²) in [6, 6.07) is 5.56. The molecule has 72 valence electrons. The molecule has 0 aliphatic carbocycles. The van der Waals surface area contributed by atoms with Gasteiger partial charge in [0.15, 0.2) is 6.29 Å². The van der Waals surface area contributed by atoms with Gasteiger partial charge in [-0.05, 0) is 18.2 Å². The van der Waals surface area contributed by atoms with Crippen LogP contribution in [-0.2, 0) is 9.47 Å². The molecule has 1 saturated heterocycles. The Morgan fingerprint density at radius 2 is 2.29 bits per heavy atom. The summed E-state index contributed by atoms with van der Waals surface area (Å²) in [4.78, 5) is 0. The average Bonchev–Trinajstić information content (AvgIpc) is 2.86. The maximum Gasteiger partial charge on any atom is 0.194 e. The van der Waals surface area contributed by atoms with Gasteiger partial charge in [-0.3, -0.25) is 0 Å². The number of hydrogen-bond donors (Lipinski definition) is 0. The van der Waals surface area contributed by atoms with Gasteiger partial charge in [-0.25, -0.2) is 0 Å². The standard InChI is InChI=1S/C10H9NO3/c11-7-8(10-13-4-5-14-10)6-9-2-1-3-12-9/h1-3,6,10H,4-5H2/b8-6-. The minimum atomic E-state index is -0.537.